The third-order valence-corrected chi connectivity index (χ3v) is 1.22. The van der Waals surface area contributed by atoms with Crippen LogP contribution < -0.4 is 5.32 Å². The van der Waals surface area contributed by atoms with E-state index in [1.165, 1.54) is 13.3 Å². The molecule has 0 saturated carbocycles. The minimum atomic E-state index is -0.0846. The predicted molar refractivity (Wildman–Crippen MR) is 47.6 cm³/mol. The van der Waals surface area contributed by atoms with Crippen molar-refractivity contribution in [2.45, 2.75) is 6.92 Å². The van der Waals surface area contributed by atoms with Crippen LogP contribution in [0.2, 0.25) is 0 Å². The SMILES string of the molecule is CC(=O)NCC#Cc1cncnc1. The first-order valence-electron chi connectivity index (χ1n) is 3.77. The fourth-order valence-electron chi connectivity index (χ4n) is 0.679. The molecule has 0 aliphatic rings. The summed E-state index contributed by atoms with van der Waals surface area (Å²) in [5, 5.41) is 2.56. The molecule has 4 nitrogen and oxygen atoms in total. The zero-order chi connectivity index (χ0) is 9.52. The summed E-state index contributed by atoms with van der Waals surface area (Å²) >= 11 is 0. The van der Waals surface area contributed by atoms with Gasteiger partial charge in [-0.05, 0) is 0 Å². The number of aromatic nitrogens is 2. The van der Waals surface area contributed by atoms with Crippen molar-refractivity contribution in [2.24, 2.45) is 0 Å². The third kappa shape index (κ3) is 3.87. The monoisotopic (exact) mass is 175 g/mol. The van der Waals surface area contributed by atoms with E-state index >= 15 is 0 Å². The van der Waals surface area contributed by atoms with Gasteiger partial charge < -0.3 is 5.32 Å². The lowest BCUT2D eigenvalue weighted by Gasteiger charge is -1.90. The van der Waals surface area contributed by atoms with Gasteiger partial charge in [0, 0.05) is 19.3 Å². The van der Waals surface area contributed by atoms with E-state index in [-0.39, 0.29) is 5.91 Å². The quantitative estimate of drug-likeness (QED) is 0.609. The number of nitrogens with one attached hydrogen (secondary N) is 1. The molecule has 0 spiro atoms. The Hall–Kier alpha value is -1.89. The van der Waals surface area contributed by atoms with E-state index in [1.807, 2.05) is 0 Å². The zero-order valence-electron chi connectivity index (χ0n) is 7.24. The van der Waals surface area contributed by atoms with Crippen LogP contribution in [0.4, 0.5) is 0 Å². The van der Waals surface area contributed by atoms with Crippen LogP contribution in [-0.4, -0.2) is 22.4 Å². The highest BCUT2D eigenvalue weighted by Gasteiger charge is 1.85. The number of carbonyl (C=O) groups excluding carboxylic acids is 1. The van der Waals surface area contributed by atoms with Gasteiger partial charge in [0.25, 0.3) is 0 Å². The van der Waals surface area contributed by atoms with Gasteiger partial charge in [0.05, 0.1) is 12.1 Å². The Bertz CT molecular complexity index is 337. The van der Waals surface area contributed by atoms with Crippen LogP contribution in [0.1, 0.15) is 12.5 Å². The first kappa shape index (κ1) is 9.20. The Balaban J connectivity index is 2.44. The molecule has 0 unspecified atom stereocenters. The lowest BCUT2D eigenvalue weighted by Crippen LogP contribution is -2.19. The van der Waals surface area contributed by atoms with Gasteiger partial charge in [-0.25, -0.2) is 9.97 Å². The Labute approximate surface area is 76.4 Å². The largest absolute Gasteiger partial charge is 0.345 e. The molecule has 0 radical (unpaired) electrons. The van der Waals surface area contributed by atoms with Crippen LogP contribution in [0.3, 0.4) is 0 Å². The second kappa shape index (κ2) is 4.88. The summed E-state index contributed by atoms with van der Waals surface area (Å²) in [6.45, 7) is 1.80. The number of amides is 1. The Kier molecular flexibility index (Phi) is 3.45. The summed E-state index contributed by atoms with van der Waals surface area (Å²) in [6, 6.07) is 0. The van der Waals surface area contributed by atoms with Crippen LogP contribution in [-0.2, 0) is 4.79 Å². The van der Waals surface area contributed by atoms with Gasteiger partial charge in [0.15, 0.2) is 0 Å². The highest BCUT2D eigenvalue weighted by molar-refractivity contribution is 5.73. The summed E-state index contributed by atoms with van der Waals surface area (Å²) in [7, 11) is 0. The number of hydrogen-bond acceptors (Lipinski definition) is 3. The summed E-state index contributed by atoms with van der Waals surface area (Å²) < 4.78 is 0. The van der Waals surface area contributed by atoms with E-state index in [9.17, 15) is 4.79 Å². The molecule has 0 bridgehead atoms. The third-order valence-electron chi connectivity index (χ3n) is 1.22. The number of rotatable bonds is 1. The predicted octanol–water partition coefficient (Wildman–Crippen LogP) is -0.0358. The first-order valence-corrected chi connectivity index (χ1v) is 3.77. The molecule has 13 heavy (non-hydrogen) atoms. The molecule has 0 aliphatic heterocycles. The summed E-state index contributed by atoms with van der Waals surface area (Å²) in [6.07, 6.45) is 4.68. The maximum atomic E-state index is 10.5. The molecule has 0 atom stereocenters. The fraction of sp³-hybridized carbons (Fsp3) is 0.222. The molecule has 1 aromatic heterocycles. The Morgan fingerprint density at radius 3 is 2.85 bits per heavy atom. The molecule has 66 valence electrons. The van der Waals surface area contributed by atoms with E-state index in [0.29, 0.717) is 6.54 Å². The van der Waals surface area contributed by atoms with Crippen molar-refractivity contribution in [1.82, 2.24) is 15.3 Å². The van der Waals surface area contributed by atoms with Crippen LogP contribution >= 0.6 is 0 Å². The van der Waals surface area contributed by atoms with E-state index in [4.69, 9.17) is 0 Å². The first-order chi connectivity index (χ1) is 6.29. The lowest BCUT2D eigenvalue weighted by molar-refractivity contribution is -0.118. The van der Waals surface area contributed by atoms with Crippen molar-refractivity contribution >= 4 is 5.91 Å². The molecule has 1 amide bonds. The lowest BCUT2D eigenvalue weighted by atomic mass is 10.3. The Morgan fingerprint density at radius 2 is 2.23 bits per heavy atom. The Morgan fingerprint density at radius 1 is 1.54 bits per heavy atom. The van der Waals surface area contributed by atoms with Gasteiger partial charge in [0.2, 0.25) is 5.91 Å². The molecule has 1 heterocycles. The van der Waals surface area contributed by atoms with Gasteiger partial charge in [-0.3, -0.25) is 4.79 Å². The summed E-state index contributed by atoms with van der Waals surface area (Å²) in [5.74, 6) is 5.50. The highest BCUT2D eigenvalue weighted by Crippen LogP contribution is 1.86. The molecule has 1 aromatic rings. The summed E-state index contributed by atoms with van der Waals surface area (Å²) in [5.41, 5.74) is 0.743. The molecule has 0 fully saturated rings. The topological polar surface area (TPSA) is 54.9 Å². The normalized spacial score (nSPS) is 8.38. The van der Waals surface area contributed by atoms with Gasteiger partial charge in [-0.15, -0.1) is 0 Å². The van der Waals surface area contributed by atoms with E-state index < -0.39 is 0 Å². The van der Waals surface area contributed by atoms with Crippen LogP contribution in [0, 0.1) is 11.8 Å². The van der Waals surface area contributed by atoms with Crippen molar-refractivity contribution < 1.29 is 4.79 Å². The van der Waals surface area contributed by atoms with Gasteiger partial charge in [-0.2, -0.15) is 0 Å². The highest BCUT2D eigenvalue weighted by atomic mass is 16.1. The standard InChI is InChI=1S/C9H9N3O/c1-8(13)12-4-2-3-9-5-10-7-11-6-9/h5-7H,4H2,1H3,(H,12,13). The summed E-state index contributed by atoms with van der Waals surface area (Å²) in [4.78, 5) is 18.0. The molecular formula is C9H9N3O. The molecule has 1 N–H and O–H groups in total. The molecular weight excluding hydrogens is 166 g/mol. The van der Waals surface area contributed by atoms with E-state index in [1.54, 1.807) is 12.4 Å². The minimum Gasteiger partial charge on any atom is -0.345 e. The molecule has 1 rings (SSSR count). The molecule has 4 heteroatoms. The maximum absolute atomic E-state index is 10.5. The average Bonchev–Trinajstić information content (AvgIpc) is 2.14. The van der Waals surface area contributed by atoms with Crippen molar-refractivity contribution in [3.63, 3.8) is 0 Å². The smallest absolute Gasteiger partial charge is 0.217 e. The van der Waals surface area contributed by atoms with E-state index in [2.05, 4.69) is 27.1 Å². The molecule has 0 saturated heterocycles. The number of hydrogen-bond donors (Lipinski definition) is 1. The second-order valence-electron chi connectivity index (χ2n) is 2.34. The van der Waals surface area contributed by atoms with Crippen LogP contribution in [0.15, 0.2) is 18.7 Å². The van der Waals surface area contributed by atoms with Gasteiger partial charge in [-0.1, -0.05) is 11.8 Å². The number of carbonyl (C=O) groups is 1. The van der Waals surface area contributed by atoms with Crippen LogP contribution in [0.5, 0.6) is 0 Å². The zero-order valence-corrected chi connectivity index (χ0v) is 7.24. The van der Waals surface area contributed by atoms with Crippen LogP contribution in [0.25, 0.3) is 0 Å². The minimum absolute atomic E-state index is 0.0846. The van der Waals surface area contributed by atoms with Crippen molar-refractivity contribution in [1.29, 1.82) is 0 Å². The van der Waals surface area contributed by atoms with Crippen molar-refractivity contribution in [2.75, 3.05) is 6.54 Å². The number of nitrogens with zero attached hydrogens (tertiary/aromatic N) is 2. The van der Waals surface area contributed by atoms with Crippen molar-refractivity contribution in [3.05, 3.63) is 24.3 Å². The fourth-order valence-corrected chi connectivity index (χ4v) is 0.679. The maximum Gasteiger partial charge on any atom is 0.217 e. The van der Waals surface area contributed by atoms with Gasteiger partial charge in [0.1, 0.15) is 6.33 Å². The van der Waals surface area contributed by atoms with E-state index in [0.717, 1.165) is 5.56 Å². The molecule has 0 aromatic carbocycles. The second-order valence-corrected chi connectivity index (χ2v) is 2.34. The molecule has 0 aliphatic carbocycles. The van der Waals surface area contributed by atoms with Crippen molar-refractivity contribution in [3.8, 4) is 11.8 Å². The van der Waals surface area contributed by atoms with Gasteiger partial charge >= 0.3 is 0 Å². The average molecular weight is 175 g/mol.